The Morgan fingerprint density at radius 3 is 2.44 bits per heavy atom. The number of guanidine groups is 1. The lowest BCUT2D eigenvalue weighted by Gasteiger charge is -2.19. The molecular formula is C22H32N8O6. The van der Waals surface area contributed by atoms with Crippen molar-refractivity contribution in [2.24, 2.45) is 22.2 Å². The molecule has 0 aliphatic carbocycles. The van der Waals surface area contributed by atoms with Crippen molar-refractivity contribution in [2.75, 3.05) is 19.7 Å². The minimum absolute atomic E-state index is 0.0649. The van der Waals surface area contributed by atoms with Gasteiger partial charge in [-0.3, -0.25) is 19.4 Å². The second-order valence-corrected chi connectivity index (χ2v) is 8.04. The van der Waals surface area contributed by atoms with Gasteiger partial charge in [0.2, 0.25) is 17.7 Å². The zero-order valence-corrected chi connectivity index (χ0v) is 19.6. The maximum atomic E-state index is 12.5. The van der Waals surface area contributed by atoms with E-state index in [1.807, 2.05) is 24.3 Å². The van der Waals surface area contributed by atoms with E-state index in [0.717, 1.165) is 16.5 Å². The minimum atomic E-state index is -1.35. The predicted octanol–water partition coefficient (Wildman–Crippen LogP) is -2.75. The molecule has 0 bridgehead atoms. The van der Waals surface area contributed by atoms with Gasteiger partial charge in [-0.1, -0.05) is 18.2 Å². The molecule has 2 aromatic rings. The van der Waals surface area contributed by atoms with Crippen molar-refractivity contribution in [3.05, 3.63) is 36.0 Å². The second-order valence-electron chi connectivity index (χ2n) is 8.04. The van der Waals surface area contributed by atoms with Gasteiger partial charge in [0.05, 0.1) is 19.2 Å². The lowest BCUT2D eigenvalue weighted by atomic mass is 10.0. The summed E-state index contributed by atoms with van der Waals surface area (Å²) in [6.45, 7) is -1.11. The number of aromatic nitrogens is 1. The molecule has 196 valence electrons. The number of aromatic amines is 1. The predicted molar refractivity (Wildman–Crippen MR) is 131 cm³/mol. The van der Waals surface area contributed by atoms with Gasteiger partial charge in [-0.05, 0) is 30.9 Å². The van der Waals surface area contributed by atoms with E-state index in [4.69, 9.17) is 17.2 Å². The summed E-state index contributed by atoms with van der Waals surface area (Å²) in [6.07, 6.45) is 2.31. The van der Waals surface area contributed by atoms with Crippen LogP contribution in [0.2, 0.25) is 0 Å². The summed E-state index contributed by atoms with van der Waals surface area (Å²) in [6, 6.07) is 3.95. The number of nitrogens with one attached hydrogen (secondary N) is 4. The van der Waals surface area contributed by atoms with E-state index in [1.165, 1.54) is 0 Å². The first-order valence-corrected chi connectivity index (χ1v) is 11.2. The number of hydrogen-bond acceptors (Lipinski definition) is 7. The molecule has 0 saturated carbocycles. The first-order valence-electron chi connectivity index (χ1n) is 11.2. The van der Waals surface area contributed by atoms with E-state index in [-0.39, 0.29) is 25.3 Å². The van der Waals surface area contributed by atoms with Gasteiger partial charge >= 0.3 is 5.97 Å². The molecule has 12 N–H and O–H groups in total. The molecule has 0 fully saturated rings. The fourth-order valence-electron chi connectivity index (χ4n) is 3.40. The van der Waals surface area contributed by atoms with Crippen molar-refractivity contribution in [3.63, 3.8) is 0 Å². The van der Waals surface area contributed by atoms with Crippen LogP contribution >= 0.6 is 0 Å². The number of amides is 3. The highest BCUT2D eigenvalue weighted by atomic mass is 16.4. The van der Waals surface area contributed by atoms with Crippen LogP contribution in [-0.2, 0) is 25.6 Å². The van der Waals surface area contributed by atoms with Gasteiger partial charge in [-0.15, -0.1) is 0 Å². The van der Waals surface area contributed by atoms with Crippen LogP contribution in [0.3, 0.4) is 0 Å². The number of aliphatic hydroxyl groups is 1. The summed E-state index contributed by atoms with van der Waals surface area (Å²) >= 11 is 0. The van der Waals surface area contributed by atoms with Gasteiger partial charge in [0.25, 0.3) is 0 Å². The number of hydrogen-bond donors (Lipinski definition) is 9. The summed E-state index contributed by atoms with van der Waals surface area (Å²) in [5.41, 5.74) is 18.1. The third-order valence-corrected chi connectivity index (χ3v) is 5.27. The molecule has 0 saturated heterocycles. The second kappa shape index (κ2) is 13.7. The number of nitrogens with zero attached hydrogens (tertiary/aromatic N) is 1. The van der Waals surface area contributed by atoms with Crippen molar-refractivity contribution in [1.82, 2.24) is 20.9 Å². The Bertz CT molecular complexity index is 1100. The lowest BCUT2D eigenvalue weighted by molar-refractivity contribution is -0.142. The number of rotatable bonds is 14. The molecule has 3 amide bonds. The van der Waals surface area contributed by atoms with Gasteiger partial charge in [-0.25, -0.2) is 4.79 Å². The van der Waals surface area contributed by atoms with Gasteiger partial charge < -0.3 is 48.3 Å². The molecule has 0 radical (unpaired) electrons. The van der Waals surface area contributed by atoms with E-state index in [2.05, 4.69) is 25.9 Å². The molecule has 3 unspecified atom stereocenters. The summed E-state index contributed by atoms with van der Waals surface area (Å²) < 4.78 is 0. The minimum Gasteiger partial charge on any atom is -0.480 e. The molecule has 0 aliphatic heterocycles. The number of H-pyrrole nitrogens is 1. The Morgan fingerprint density at radius 2 is 1.78 bits per heavy atom. The van der Waals surface area contributed by atoms with E-state index in [9.17, 15) is 29.4 Å². The number of carboxylic acid groups (broad SMARTS) is 1. The standard InChI is InChI=1S/C22H32N8O6/c23-14(8-12-9-27-15-5-2-1-4-13(12)15)19(33)30-17(11-31)20(34)28-10-18(32)29-16(21(35)36)6-3-7-26-22(24)25/h1-2,4-5,9,14,16-17,27,31H,3,6-8,10-11,23H2,(H,28,34)(H,29,32)(H,30,33)(H,35,36)(H4,24,25,26). The van der Waals surface area contributed by atoms with Gasteiger partial charge in [0.15, 0.2) is 5.96 Å². The summed E-state index contributed by atoms with van der Waals surface area (Å²) in [7, 11) is 0. The van der Waals surface area contributed by atoms with E-state index < -0.39 is 55.0 Å². The number of fused-ring (bicyclic) bond motifs is 1. The number of nitrogens with two attached hydrogens (primary N) is 3. The lowest BCUT2D eigenvalue weighted by Crippen LogP contribution is -2.55. The van der Waals surface area contributed by atoms with E-state index >= 15 is 0 Å². The number of para-hydroxylation sites is 1. The number of carbonyl (C=O) groups is 4. The number of aliphatic imine (C=N–C) groups is 1. The zero-order valence-electron chi connectivity index (χ0n) is 19.6. The van der Waals surface area contributed by atoms with Crippen LogP contribution in [0.15, 0.2) is 35.5 Å². The summed E-state index contributed by atoms with van der Waals surface area (Å²) in [5, 5.41) is 26.6. The monoisotopic (exact) mass is 504 g/mol. The van der Waals surface area contributed by atoms with Crippen molar-refractivity contribution >= 4 is 40.6 Å². The molecule has 3 atom stereocenters. The quantitative estimate of drug-likeness (QED) is 0.0733. The first kappa shape index (κ1) is 28.1. The van der Waals surface area contributed by atoms with Crippen molar-refractivity contribution in [1.29, 1.82) is 0 Å². The van der Waals surface area contributed by atoms with Crippen LogP contribution in [0.5, 0.6) is 0 Å². The number of benzene rings is 1. The molecule has 2 rings (SSSR count). The van der Waals surface area contributed by atoms with Gasteiger partial charge in [-0.2, -0.15) is 0 Å². The Balaban J connectivity index is 1.83. The molecule has 14 heteroatoms. The van der Waals surface area contributed by atoms with Crippen LogP contribution < -0.4 is 33.2 Å². The third kappa shape index (κ3) is 8.56. The van der Waals surface area contributed by atoms with Crippen molar-refractivity contribution < 1.29 is 29.4 Å². The van der Waals surface area contributed by atoms with E-state index in [0.29, 0.717) is 6.42 Å². The van der Waals surface area contributed by atoms with Crippen LogP contribution in [0.4, 0.5) is 0 Å². The summed E-state index contributed by atoms with van der Waals surface area (Å²) in [4.78, 5) is 55.1. The molecule has 1 aromatic heterocycles. The van der Waals surface area contributed by atoms with Crippen molar-refractivity contribution in [2.45, 2.75) is 37.4 Å². The highest BCUT2D eigenvalue weighted by molar-refractivity contribution is 5.93. The Hall–Kier alpha value is -4.17. The largest absolute Gasteiger partial charge is 0.480 e. The van der Waals surface area contributed by atoms with Gasteiger partial charge in [0.1, 0.15) is 12.1 Å². The van der Waals surface area contributed by atoms with E-state index in [1.54, 1.807) is 6.20 Å². The Labute approximate surface area is 206 Å². The topological polar surface area (TPSA) is 251 Å². The molecular weight excluding hydrogens is 472 g/mol. The van der Waals surface area contributed by atoms with Crippen LogP contribution in [0.1, 0.15) is 18.4 Å². The third-order valence-electron chi connectivity index (χ3n) is 5.27. The van der Waals surface area contributed by atoms with Crippen molar-refractivity contribution in [3.8, 4) is 0 Å². The van der Waals surface area contributed by atoms with Crippen LogP contribution in [-0.4, -0.2) is 82.7 Å². The molecule has 1 aromatic carbocycles. The van der Waals surface area contributed by atoms with Crippen LogP contribution in [0.25, 0.3) is 10.9 Å². The maximum absolute atomic E-state index is 12.5. The maximum Gasteiger partial charge on any atom is 0.326 e. The normalized spacial score (nSPS) is 13.3. The number of aliphatic hydroxyl groups excluding tert-OH is 1. The molecule has 0 spiro atoms. The molecule has 0 aliphatic rings. The van der Waals surface area contributed by atoms with Crippen LogP contribution in [0, 0.1) is 0 Å². The zero-order chi connectivity index (χ0) is 26.7. The first-order chi connectivity index (χ1) is 17.1. The van der Waals surface area contributed by atoms with Gasteiger partial charge in [0, 0.05) is 23.6 Å². The fourth-order valence-corrected chi connectivity index (χ4v) is 3.40. The Kier molecular flexibility index (Phi) is 10.6. The fraction of sp³-hybridized carbons (Fsp3) is 0.409. The average Bonchev–Trinajstić information content (AvgIpc) is 3.25. The number of carbonyl (C=O) groups excluding carboxylic acids is 3. The highest BCUT2D eigenvalue weighted by Crippen LogP contribution is 2.18. The Morgan fingerprint density at radius 1 is 1.06 bits per heavy atom. The number of aliphatic carboxylic acids is 1. The smallest absolute Gasteiger partial charge is 0.326 e. The highest BCUT2D eigenvalue weighted by Gasteiger charge is 2.25. The number of carboxylic acids is 1. The molecule has 36 heavy (non-hydrogen) atoms. The summed E-state index contributed by atoms with van der Waals surface area (Å²) in [5.74, 6) is -3.65. The average molecular weight is 505 g/mol. The molecule has 1 heterocycles. The SMILES string of the molecule is NC(N)=NCCCC(NC(=O)CNC(=O)C(CO)NC(=O)C(N)Cc1c[nH]c2ccccc12)C(=O)O. The molecule has 14 nitrogen and oxygen atoms in total.